The van der Waals surface area contributed by atoms with Crippen molar-refractivity contribution >= 4 is 27.1 Å². The number of sulfone groups is 1. The molecule has 0 atom stereocenters. The number of nitrogens with zero attached hydrogens (tertiary/aromatic N) is 1. The molecule has 0 bridgehead atoms. The zero-order valence-electron chi connectivity index (χ0n) is 13.9. The Morgan fingerprint density at radius 1 is 1.12 bits per heavy atom. The summed E-state index contributed by atoms with van der Waals surface area (Å²) in [6.07, 6.45) is 3.53. The Morgan fingerprint density at radius 2 is 1.76 bits per heavy atom. The zero-order valence-corrected chi connectivity index (χ0v) is 15.5. The molecule has 0 radical (unpaired) electrons. The van der Waals surface area contributed by atoms with Gasteiger partial charge in [0, 0.05) is 17.9 Å². The van der Waals surface area contributed by atoms with Crippen molar-refractivity contribution in [2.24, 2.45) is 5.16 Å². The number of rotatable bonds is 6. The highest BCUT2D eigenvalue weighted by Crippen LogP contribution is 2.34. The first-order chi connectivity index (χ1) is 12.0. The SMILES string of the molecule is O=S(=O)(CCCON=C1CCC2(CC1)OCCO2)c1ccc(Cl)cc1. The molecule has 8 heteroatoms. The summed E-state index contributed by atoms with van der Waals surface area (Å²) in [4.78, 5) is 5.57. The molecular weight excluding hydrogens is 366 g/mol. The van der Waals surface area contributed by atoms with E-state index in [1.807, 2.05) is 0 Å². The first-order valence-corrected chi connectivity index (χ1v) is 10.5. The van der Waals surface area contributed by atoms with Gasteiger partial charge in [-0.05, 0) is 43.5 Å². The van der Waals surface area contributed by atoms with Gasteiger partial charge in [0.05, 0.1) is 29.6 Å². The van der Waals surface area contributed by atoms with Crippen LogP contribution < -0.4 is 0 Å². The molecule has 25 heavy (non-hydrogen) atoms. The van der Waals surface area contributed by atoms with Crippen molar-refractivity contribution in [2.75, 3.05) is 25.6 Å². The van der Waals surface area contributed by atoms with Crippen LogP contribution in [0, 0.1) is 0 Å². The Kier molecular flexibility index (Phi) is 5.99. The summed E-state index contributed by atoms with van der Waals surface area (Å²) in [6, 6.07) is 6.18. The molecule has 2 aliphatic rings. The predicted octanol–water partition coefficient (Wildman–Crippen LogP) is 3.19. The van der Waals surface area contributed by atoms with Crippen LogP contribution >= 0.6 is 11.6 Å². The Bertz CT molecular complexity index is 699. The van der Waals surface area contributed by atoms with Crippen LogP contribution in [0.1, 0.15) is 32.1 Å². The van der Waals surface area contributed by atoms with Crippen LogP contribution in [0.4, 0.5) is 0 Å². The molecule has 2 fully saturated rings. The fourth-order valence-corrected chi connectivity index (χ4v) is 4.42. The lowest BCUT2D eigenvalue weighted by Gasteiger charge is -2.31. The number of hydrogen-bond donors (Lipinski definition) is 0. The molecule has 0 unspecified atom stereocenters. The topological polar surface area (TPSA) is 74.2 Å². The summed E-state index contributed by atoms with van der Waals surface area (Å²) >= 11 is 5.78. The van der Waals surface area contributed by atoms with Gasteiger partial charge in [0.2, 0.25) is 0 Å². The van der Waals surface area contributed by atoms with E-state index in [-0.39, 0.29) is 17.3 Å². The summed E-state index contributed by atoms with van der Waals surface area (Å²) in [7, 11) is -3.32. The second kappa shape index (κ2) is 8.03. The smallest absolute Gasteiger partial charge is 0.178 e. The van der Waals surface area contributed by atoms with Crippen LogP contribution in [0.25, 0.3) is 0 Å². The van der Waals surface area contributed by atoms with E-state index in [0.29, 0.717) is 24.7 Å². The van der Waals surface area contributed by atoms with Crippen molar-refractivity contribution in [1.82, 2.24) is 0 Å². The normalized spacial score (nSPS) is 20.0. The third-order valence-corrected chi connectivity index (χ3v) is 6.49. The van der Waals surface area contributed by atoms with Crippen LogP contribution in [-0.4, -0.2) is 45.5 Å². The summed E-state index contributed by atoms with van der Waals surface area (Å²) < 4.78 is 35.7. The van der Waals surface area contributed by atoms with E-state index >= 15 is 0 Å². The van der Waals surface area contributed by atoms with Crippen molar-refractivity contribution in [3.8, 4) is 0 Å². The highest BCUT2D eigenvalue weighted by atomic mass is 35.5. The molecule has 1 spiro atoms. The van der Waals surface area contributed by atoms with E-state index in [0.717, 1.165) is 31.4 Å². The number of hydrogen-bond acceptors (Lipinski definition) is 6. The third kappa shape index (κ3) is 4.94. The highest BCUT2D eigenvalue weighted by molar-refractivity contribution is 7.91. The van der Waals surface area contributed by atoms with E-state index in [9.17, 15) is 8.42 Å². The second-order valence-corrected chi connectivity index (χ2v) is 8.77. The molecule has 1 saturated heterocycles. The van der Waals surface area contributed by atoms with E-state index in [2.05, 4.69) is 5.16 Å². The van der Waals surface area contributed by atoms with Gasteiger partial charge in [0.25, 0.3) is 0 Å². The molecule has 1 aliphatic heterocycles. The molecule has 1 aliphatic carbocycles. The predicted molar refractivity (Wildman–Crippen MR) is 94.6 cm³/mol. The van der Waals surface area contributed by atoms with Crippen molar-refractivity contribution < 1.29 is 22.7 Å². The lowest BCUT2D eigenvalue weighted by Crippen LogP contribution is -2.35. The number of ether oxygens (including phenoxy) is 2. The summed E-state index contributed by atoms with van der Waals surface area (Å²) in [6.45, 7) is 1.59. The van der Waals surface area contributed by atoms with Gasteiger partial charge in [-0.1, -0.05) is 16.8 Å². The molecule has 1 aromatic rings. The monoisotopic (exact) mass is 387 g/mol. The fourth-order valence-electron chi connectivity index (χ4n) is 3.01. The molecule has 3 rings (SSSR count). The maximum absolute atomic E-state index is 12.2. The fraction of sp³-hybridized carbons (Fsp3) is 0.588. The molecule has 0 N–H and O–H groups in total. The second-order valence-electron chi connectivity index (χ2n) is 6.22. The van der Waals surface area contributed by atoms with Crippen molar-refractivity contribution in [2.45, 2.75) is 42.8 Å². The van der Waals surface area contributed by atoms with E-state index < -0.39 is 15.6 Å². The van der Waals surface area contributed by atoms with Crippen molar-refractivity contribution in [1.29, 1.82) is 0 Å². The Hall–Kier alpha value is -1.15. The Balaban J connectivity index is 1.39. The Morgan fingerprint density at radius 3 is 2.40 bits per heavy atom. The average molecular weight is 388 g/mol. The van der Waals surface area contributed by atoms with Gasteiger partial charge in [-0.15, -0.1) is 0 Å². The quantitative estimate of drug-likeness (QED) is 0.553. The van der Waals surface area contributed by atoms with Gasteiger partial charge in [-0.25, -0.2) is 8.42 Å². The van der Waals surface area contributed by atoms with Gasteiger partial charge in [0.15, 0.2) is 15.6 Å². The van der Waals surface area contributed by atoms with Gasteiger partial charge in [0.1, 0.15) is 6.61 Å². The molecule has 1 aromatic carbocycles. The summed E-state index contributed by atoms with van der Waals surface area (Å²) in [5, 5.41) is 4.65. The van der Waals surface area contributed by atoms with Crippen molar-refractivity contribution in [3.63, 3.8) is 0 Å². The first-order valence-electron chi connectivity index (χ1n) is 8.43. The minimum Gasteiger partial charge on any atom is -0.396 e. The number of halogens is 1. The molecule has 0 amide bonds. The van der Waals surface area contributed by atoms with E-state index in [1.54, 1.807) is 12.1 Å². The molecular formula is C17H22ClNO5S. The standard InChI is InChI=1S/C17H22ClNO5S/c18-14-2-4-16(5-3-14)25(20,21)13-1-10-24-19-15-6-8-17(9-7-15)22-11-12-23-17/h2-5H,1,6-13H2. The maximum atomic E-state index is 12.2. The molecule has 1 heterocycles. The Labute approximate surface area is 153 Å². The largest absolute Gasteiger partial charge is 0.396 e. The minimum atomic E-state index is -3.32. The highest BCUT2D eigenvalue weighted by Gasteiger charge is 2.39. The van der Waals surface area contributed by atoms with Crippen LogP contribution in [0.2, 0.25) is 5.02 Å². The molecule has 138 valence electrons. The van der Waals surface area contributed by atoms with Gasteiger partial charge >= 0.3 is 0 Å². The number of benzene rings is 1. The zero-order chi connectivity index (χ0) is 17.8. The van der Waals surface area contributed by atoms with Gasteiger partial charge in [-0.3, -0.25) is 0 Å². The average Bonchev–Trinajstić information content (AvgIpc) is 3.05. The molecule has 0 aromatic heterocycles. The van der Waals surface area contributed by atoms with Crippen LogP contribution in [0.15, 0.2) is 34.3 Å². The summed E-state index contributed by atoms with van der Waals surface area (Å²) in [5.41, 5.74) is 0.977. The third-order valence-electron chi connectivity index (χ3n) is 4.42. The van der Waals surface area contributed by atoms with Crippen LogP contribution in [0.5, 0.6) is 0 Å². The van der Waals surface area contributed by atoms with Gasteiger partial charge < -0.3 is 14.3 Å². The lowest BCUT2D eigenvalue weighted by atomic mass is 9.92. The van der Waals surface area contributed by atoms with E-state index in [1.165, 1.54) is 12.1 Å². The van der Waals surface area contributed by atoms with Crippen molar-refractivity contribution in [3.05, 3.63) is 29.3 Å². The first kappa shape index (κ1) is 18.6. The summed E-state index contributed by atoms with van der Waals surface area (Å²) in [5.74, 6) is -0.393. The molecule has 1 saturated carbocycles. The maximum Gasteiger partial charge on any atom is 0.178 e. The number of oxime groups is 1. The molecule has 6 nitrogen and oxygen atoms in total. The van der Waals surface area contributed by atoms with Crippen LogP contribution in [0.3, 0.4) is 0 Å². The lowest BCUT2D eigenvalue weighted by molar-refractivity contribution is -0.168. The van der Waals surface area contributed by atoms with E-state index in [4.69, 9.17) is 25.9 Å². The van der Waals surface area contributed by atoms with Gasteiger partial charge in [-0.2, -0.15) is 0 Å². The minimum absolute atomic E-state index is 0.0181. The van der Waals surface area contributed by atoms with Crippen LogP contribution in [-0.2, 0) is 24.1 Å².